The maximum Gasteiger partial charge on any atom is 0.263 e. The predicted octanol–water partition coefficient (Wildman–Crippen LogP) is 1.54. The molecule has 0 saturated carbocycles. The molecule has 5 heteroatoms. The molecule has 1 unspecified atom stereocenters. The summed E-state index contributed by atoms with van der Waals surface area (Å²) in [6, 6.07) is 2.17. The van der Waals surface area contributed by atoms with Gasteiger partial charge in [0.25, 0.3) is 5.91 Å². The zero-order valence-electron chi connectivity index (χ0n) is 10.1. The smallest absolute Gasteiger partial charge is 0.263 e. The van der Waals surface area contributed by atoms with Gasteiger partial charge in [0.2, 0.25) is 0 Å². The van der Waals surface area contributed by atoms with Crippen molar-refractivity contribution in [2.24, 2.45) is 0 Å². The molecule has 2 heterocycles. The number of amides is 1. The molecule has 0 bridgehead atoms. The van der Waals surface area contributed by atoms with Gasteiger partial charge in [0.1, 0.15) is 4.88 Å². The van der Waals surface area contributed by atoms with Gasteiger partial charge in [-0.1, -0.05) is 0 Å². The van der Waals surface area contributed by atoms with Crippen molar-refractivity contribution in [3.05, 3.63) is 16.3 Å². The minimum Gasteiger partial charge on any atom is -0.397 e. The Labute approximate surface area is 106 Å². The van der Waals surface area contributed by atoms with E-state index >= 15 is 0 Å². The summed E-state index contributed by atoms with van der Waals surface area (Å²) in [5.41, 5.74) is 6.28. The molecule has 94 valence electrons. The Bertz CT molecular complexity index is 385. The third kappa shape index (κ3) is 2.98. The van der Waals surface area contributed by atoms with Crippen molar-refractivity contribution >= 4 is 22.9 Å². The maximum atomic E-state index is 11.8. The molecule has 0 aromatic carbocycles. The number of carbonyl (C=O) groups excluding carboxylic acids is 1. The molecule has 1 aliphatic heterocycles. The van der Waals surface area contributed by atoms with Crippen LogP contribution >= 0.6 is 11.3 Å². The Morgan fingerprint density at radius 2 is 2.29 bits per heavy atom. The van der Waals surface area contributed by atoms with Crippen LogP contribution in [0.4, 0.5) is 5.69 Å². The minimum atomic E-state index is -0.0523. The van der Waals surface area contributed by atoms with E-state index in [4.69, 9.17) is 5.73 Å². The summed E-state index contributed by atoms with van der Waals surface area (Å²) < 4.78 is 0. The largest absolute Gasteiger partial charge is 0.397 e. The third-order valence-corrected chi connectivity index (χ3v) is 4.15. The highest BCUT2D eigenvalue weighted by Gasteiger charge is 2.19. The molecular weight excluding hydrogens is 234 g/mol. The van der Waals surface area contributed by atoms with Gasteiger partial charge in [-0.15, -0.1) is 11.3 Å². The Hall–Kier alpha value is -1.07. The molecular formula is C12H19N3OS. The molecule has 1 aliphatic rings. The summed E-state index contributed by atoms with van der Waals surface area (Å²) >= 11 is 1.39. The lowest BCUT2D eigenvalue weighted by Gasteiger charge is -2.23. The SMILES string of the molecule is CC(CNC(=O)c1sccc1N)N1CCCC1. The van der Waals surface area contributed by atoms with Gasteiger partial charge < -0.3 is 11.1 Å². The first kappa shape index (κ1) is 12.4. The molecule has 4 nitrogen and oxygen atoms in total. The van der Waals surface area contributed by atoms with Gasteiger partial charge in [-0.3, -0.25) is 9.69 Å². The molecule has 0 aliphatic carbocycles. The van der Waals surface area contributed by atoms with E-state index in [1.165, 1.54) is 24.2 Å². The zero-order chi connectivity index (χ0) is 12.3. The molecule has 1 amide bonds. The quantitative estimate of drug-likeness (QED) is 0.856. The van der Waals surface area contributed by atoms with Crippen molar-refractivity contribution in [1.29, 1.82) is 0 Å². The zero-order valence-corrected chi connectivity index (χ0v) is 10.9. The number of carbonyl (C=O) groups is 1. The van der Waals surface area contributed by atoms with Crippen LogP contribution in [0, 0.1) is 0 Å². The van der Waals surface area contributed by atoms with Crippen molar-refractivity contribution in [2.45, 2.75) is 25.8 Å². The van der Waals surface area contributed by atoms with Crippen LogP contribution in [0.2, 0.25) is 0 Å². The molecule has 1 aromatic rings. The van der Waals surface area contributed by atoms with Crippen LogP contribution in [0.1, 0.15) is 29.4 Å². The minimum absolute atomic E-state index is 0.0523. The highest BCUT2D eigenvalue weighted by molar-refractivity contribution is 7.12. The average Bonchev–Trinajstić information content (AvgIpc) is 2.95. The number of nitrogen functional groups attached to an aromatic ring is 1. The highest BCUT2D eigenvalue weighted by Crippen LogP contribution is 2.18. The topological polar surface area (TPSA) is 58.4 Å². The number of nitrogens with one attached hydrogen (secondary N) is 1. The van der Waals surface area contributed by atoms with E-state index in [0.29, 0.717) is 23.2 Å². The summed E-state index contributed by atoms with van der Waals surface area (Å²) in [6.45, 7) is 5.15. The van der Waals surface area contributed by atoms with Gasteiger partial charge in [-0.25, -0.2) is 0 Å². The standard InChI is InChI=1S/C12H19N3OS/c1-9(15-5-2-3-6-15)8-14-12(16)11-10(13)4-7-17-11/h4,7,9H,2-3,5-6,8,13H2,1H3,(H,14,16). The summed E-state index contributed by atoms with van der Waals surface area (Å²) in [5.74, 6) is -0.0523. The molecule has 1 aromatic heterocycles. The molecule has 3 N–H and O–H groups in total. The lowest BCUT2D eigenvalue weighted by atomic mass is 10.3. The predicted molar refractivity (Wildman–Crippen MR) is 71.3 cm³/mol. The summed E-state index contributed by atoms with van der Waals surface area (Å²) in [4.78, 5) is 14.9. The number of hydrogen-bond acceptors (Lipinski definition) is 4. The molecule has 1 atom stereocenters. The lowest BCUT2D eigenvalue weighted by molar-refractivity contribution is 0.0945. The number of anilines is 1. The molecule has 0 radical (unpaired) electrons. The lowest BCUT2D eigenvalue weighted by Crippen LogP contribution is -2.40. The fraction of sp³-hybridized carbons (Fsp3) is 0.583. The number of nitrogens with zero attached hydrogens (tertiary/aromatic N) is 1. The first-order valence-electron chi connectivity index (χ1n) is 6.03. The van der Waals surface area contributed by atoms with Crippen LogP contribution < -0.4 is 11.1 Å². The fourth-order valence-corrected chi connectivity index (χ4v) is 2.87. The van der Waals surface area contributed by atoms with Crippen molar-refractivity contribution in [3.63, 3.8) is 0 Å². The van der Waals surface area contributed by atoms with Gasteiger partial charge in [0.05, 0.1) is 5.69 Å². The van der Waals surface area contributed by atoms with Crippen LogP contribution in [0.3, 0.4) is 0 Å². The van der Waals surface area contributed by atoms with Crippen LogP contribution in [-0.2, 0) is 0 Å². The van der Waals surface area contributed by atoms with E-state index < -0.39 is 0 Å². The molecule has 2 rings (SSSR count). The van der Waals surface area contributed by atoms with Gasteiger partial charge in [-0.05, 0) is 44.3 Å². The van der Waals surface area contributed by atoms with E-state index in [1.54, 1.807) is 6.07 Å². The second-order valence-corrected chi connectivity index (χ2v) is 5.42. The molecule has 1 saturated heterocycles. The van der Waals surface area contributed by atoms with Crippen molar-refractivity contribution in [2.75, 3.05) is 25.4 Å². The fourth-order valence-electron chi connectivity index (χ4n) is 2.14. The number of likely N-dealkylation sites (tertiary alicyclic amines) is 1. The van der Waals surface area contributed by atoms with Gasteiger partial charge in [0.15, 0.2) is 0 Å². The van der Waals surface area contributed by atoms with Gasteiger partial charge >= 0.3 is 0 Å². The summed E-state index contributed by atoms with van der Waals surface area (Å²) in [6.07, 6.45) is 2.55. The molecule has 0 spiro atoms. The Kier molecular flexibility index (Phi) is 4.02. The Morgan fingerprint density at radius 3 is 2.88 bits per heavy atom. The van der Waals surface area contributed by atoms with Crippen LogP contribution in [0.5, 0.6) is 0 Å². The van der Waals surface area contributed by atoms with Crippen LogP contribution in [0.25, 0.3) is 0 Å². The van der Waals surface area contributed by atoms with Gasteiger partial charge in [-0.2, -0.15) is 0 Å². The number of thiophene rings is 1. The normalized spacial score (nSPS) is 18.2. The van der Waals surface area contributed by atoms with Gasteiger partial charge in [0, 0.05) is 12.6 Å². The summed E-state index contributed by atoms with van der Waals surface area (Å²) in [7, 11) is 0. The third-order valence-electron chi connectivity index (χ3n) is 3.22. The second kappa shape index (κ2) is 5.51. The van der Waals surface area contributed by atoms with E-state index in [0.717, 1.165) is 13.1 Å². The first-order chi connectivity index (χ1) is 8.18. The highest BCUT2D eigenvalue weighted by atomic mass is 32.1. The first-order valence-corrected chi connectivity index (χ1v) is 6.91. The summed E-state index contributed by atoms with van der Waals surface area (Å²) in [5, 5.41) is 4.79. The monoisotopic (exact) mass is 253 g/mol. The molecule has 1 fully saturated rings. The van der Waals surface area contributed by atoms with Crippen LogP contribution in [0.15, 0.2) is 11.4 Å². The average molecular weight is 253 g/mol. The Balaban J connectivity index is 1.82. The van der Waals surface area contributed by atoms with E-state index in [-0.39, 0.29) is 5.91 Å². The number of rotatable bonds is 4. The van der Waals surface area contributed by atoms with E-state index in [9.17, 15) is 4.79 Å². The Morgan fingerprint density at radius 1 is 1.59 bits per heavy atom. The van der Waals surface area contributed by atoms with E-state index in [1.807, 2.05) is 5.38 Å². The van der Waals surface area contributed by atoms with Crippen molar-refractivity contribution in [3.8, 4) is 0 Å². The van der Waals surface area contributed by atoms with E-state index in [2.05, 4.69) is 17.1 Å². The van der Waals surface area contributed by atoms with Crippen molar-refractivity contribution < 1.29 is 4.79 Å². The second-order valence-electron chi connectivity index (χ2n) is 4.51. The molecule has 17 heavy (non-hydrogen) atoms. The number of nitrogens with two attached hydrogens (primary N) is 1. The van der Waals surface area contributed by atoms with Crippen molar-refractivity contribution in [1.82, 2.24) is 10.2 Å². The van der Waals surface area contributed by atoms with Crippen LogP contribution in [-0.4, -0.2) is 36.5 Å². The number of hydrogen-bond donors (Lipinski definition) is 2. The maximum absolute atomic E-state index is 11.8.